The fraction of sp³-hybridized carbons (Fsp3) is 0.550. The maximum absolute atomic E-state index is 10.9. The number of benzene rings is 1. The van der Waals surface area contributed by atoms with E-state index in [1.807, 2.05) is 0 Å². The number of hydrogen-bond donors (Lipinski definition) is 0. The fourth-order valence-electron chi connectivity index (χ4n) is 2.41. The van der Waals surface area contributed by atoms with Crippen molar-refractivity contribution in [3.63, 3.8) is 0 Å². The lowest BCUT2D eigenvalue weighted by Gasteiger charge is -2.01. The molecular formula is C20H30O2. The van der Waals surface area contributed by atoms with Crippen molar-refractivity contribution in [2.24, 2.45) is 0 Å². The summed E-state index contributed by atoms with van der Waals surface area (Å²) < 4.78 is 4.63. The molecule has 0 atom stereocenters. The van der Waals surface area contributed by atoms with E-state index in [1.54, 1.807) is 0 Å². The molecule has 0 aliphatic carbocycles. The molecule has 0 aliphatic rings. The maximum Gasteiger partial charge on any atom is 0.305 e. The molecule has 2 nitrogen and oxygen atoms in total. The van der Waals surface area contributed by atoms with E-state index in [2.05, 4.69) is 48.1 Å². The molecule has 0 aromatic heterocycles. The van der Waals surface area contributed by atoms with E-state index in [0.29, 0.717) is 6.42 Å². The van der Waals surface area contributed by atoms with Crippen LogP contribution in [-0.4, -0.2) is 13.1 Å². The van der Waals surface area contributed by atoms with Crippen molar-refractivity contribution in [1.29, 1.82) is 0 Å². The highest BCUT2D eigenvalue weighted by Crippen LogP contribution is 2.11. The Labute approximate surface area is 135 Å². The van der Waals surface area contributed by atoms with Crippen LogP contribution in [0.25, 0.3) is 6.08 Å². The van der Waals surface area contributed by atoms with Crippen LogP contribution in [-0.2, 0) is 9.53 Å². The van der Waals surface area contributed by atoms with E-state index in [0.717, 1.165) is 19.3 Å². The molecule has 122 valence electrons. The van der Waals surface area contributed by atoms with Crippen molar-refractivity contribution in [1.82, 2.24) is 0 Å². The molecule has 0 heterocycles. The summed E-state index contributed by atoms with van der Waals surface area (Å²) in [5.41, 5.74) is 2.60. The third-order valence-electron chi connectivity index (χ3n) is 3.87. The number of methoxy groups -OCH3 is 1. The normalized spacial score (nSPS) is 11.0. The first-order valence-corrected chi connectivity index (χ1v) is 8.52. The minimum absolute atomic E-state index is 0.0830. The van der Waals surface area contributed by atoms with Crippen molar-refractivity contribution in [3.8, 4) is 0 Å². The number of carbonyl (C=O) groups excluding carboxylic acids is 1. The zero-order valence-corrected chi connectivity index (χ0v) is 14.1. The van der Waals surface area contributed by atoms with Gasteiger partial charge in [0.25, 0.3) is 0 Å². The van der Waals surface area contributed by atoms with Crippen LogP contribution in [0.2, 0.25) is 0 Å². The Hall–Kier alpha value is -1.57. The second kappa shape index (κ2) is 12.0. The second-order valence-electron chi connectivity index (χ2n) is 5.90. The molecule has 1 aromatic rings. The molecular weight excluding hydrogens is 272 g/mol. The molecule has 1 rings (SSSR count). The minimum atomic E-state index is -0.0830. The van der Waals surface area contributed by atoms with Crippen molar-refractivity contribution in [2.45, 2.75) is 64.7 Å². The lowest BCUT2D eigenvalue weighted by Crippen LogP contribution is -1.99. The van der Waals surface area contributed by atoms with Crippen molar-refractivity contribution in [3.05, 3.63) is 41.5 Å². The average molecular weight is 302 g/mol. The Morgan fingerprint density at radius 2 is 1.55 bits per heavy atom. The van der Waals surface area contributed by atoms with Gasteiger partial charge in [0.2, 0.25) is 0 Å². The number of carbonyl (C=O) groups is 1. The Morgan fingerprint density at radius 3 is 2.18 bits per heavy atom. The molecule has 0 radical (unpaired) electrons. The van der Waals surface area contributed by atoms with E-state index in [-0.39, 0.29) is 5.97 Å². The van der Waals surface area contributed by atoms with Crippen LogP contribution in [0.5, 0.6) is 0 Å². The molecule has 0 N–H and O–H groups in total. The molecule has 22 heavy (non-hydrogen) atoms. The van der Waals surface area contributed by atoms with Gasteiger partial charge in [-0.25, -0.2) is 0 Å². The Bertz CT molecular complexity index is 432. The van der Waals surface area contributed by atoms with E-state index >= 15 is 0 Å². The summed E-state index contributed by atoms with van der Waals surface area (Å²) in [5.74, 6) is -0.0830. The third kappa shape index (κ3) is 9.38. The van der Waals surface area contributed by atoms with Crippen molar-refractivity contribution < 1.29 is 9.53 Å². The minimum Gasteiger partial charge on any atom is -0.469 e. The third-order valence-corrected chi connectivity index (χ3v) is 3.87. The summed E-state index contributed by atoms with van der Waals surface area (Å²) in [7, 11) is 1.45. The van der Waals surface area contributed by atoms with Crippen molar-refractivity contribution >= 4 is 12.0 Å². The van der Waals surface area contributed by atoms with Gasteiger partial charge in [0.05, 0.1) is 7.11 Å². The van der Waals surface area contributed by atoms with Crippen molar-refractivity contribution in [2.75, 3.05) is 7.11 Å². The first-order chi connectivity index (χ1) is 10.7. The first-order valence-electron chi connectivity index (χ1n) is 8.52. The largest absolute Gasteiger partial charge is 0.469 e. The molecule has 0 amide bonds. The summed E-state index contributed by atoms with van der Waals surface area (Å²) in [6, 6.07) is 8.64. The predicted molar refractivity (Wildman–Crippen MR) is 93.8 cm³/mol. The van der Waals surface area contributed by atoms with Crippen LogP contribution in [0, 0.1) is 6.92 Å². The monoisotopic (exact) mass is 302 g/mol. The SMILES string of the molecule is COC(=O)CCCCCCCCC/C=C/c1ccc(C)cc1. The highest BCUT2D eigenvalue weighted by Gasteiger charge is 1.98. The van der Waals surface area contributed by atoms with Crippen LogP contribution >= 0.6 is 0 Å². The van der Waals surface area contributed by atoms with Gasteiger partial charge in [-0.15, -0.1) is 0 Å². The molecule has 0 spiro atoms. The van der Waals surface area contributed by atoms with E-state index in [9.17, 15) is 4.79 Å². The van der Waals surface area contributed by atoms with Gasteiger partial charge < -0.3 is 4.74 Å². The maximum atomic E-state index is 10.9. The predicted octanol–water partition coefficient (Wildman–Crippen LogP) is 5.69. The summed E-state index contributed by atoms with van der Waals surface area (Å²) in [6.07, 6.45) is 14.7. The fourth-order valence-corrected chi connectivity index (χ4v) is 2.41. The zero-order valence-electron chi connectivity index (χ0n) is 14.1. The van der Waals surface area contributed by atoms with Crippen LogP contribution in [0.4, 0.5) is 0 Å². The summed E-state index contributed by atoms with van der Waals surface area (Å²) in [6.45, 7) is 2.11. The van der Waals surface area contributed by atoms with Crippen LogP contribution in [0.15, 0.2) is 30.3 Å². The quantitative estimate of drug-likeness (QED) is 0.387. The van der Waals surface area contributed by atoms with Gasteiger partial charge in [-0.2, -0.15) is 0 Å². The number of esters is 1. The van der Waals surface area contributed by atoms with Gasteiger partial charge >= 0.3 is 5.97 Å². The molecule has 1 aromatic carbocycles. The van der Waals surface area contributed by atoms with Gasteiger partial charge in [0, 0.05) is 6.42 Å². The van der Waals surface area contributed by atoms with Gasteiger partial charge in [-0.1, -0.05) is 74.1 Å². The van der Waals surface area contributed by atoms with E-state index < -0.39 is 0 Å². The summed E-state index contributed by atoms with van der Waals surface area (Å²) >= 11 is 0. The Kier molecular flexibility index (Phi) is 10.1. The zero-order chi connectivity index (χ0) is 16.0. The number of hydrogen-bond acceptors (Lipinski definition) is 2. The number of unbranched alkanes of at least 4 members (excludes halogenated alkanes) is 7. The van der Waals surface area contributed by atoms with Crippen LogP contribution in [0.3, 0.4) is 0 Å². The smallest absolute Gasteiger partial charge is 0.305 e. The van der Waals surface area contributed by atoms with Gasteiger partial charge in [0.1, 0.15) is 0 Å². The molecule has 0 saturated heterocycles. The summed E-state index contributed by atoms with van der Waals surface area (Å²) in [5, 5.41) is 0. The van der Waals surface area contributed by atoms with E-state index in [4.69, 9.17) is 0 Å². The van der Waals surface area contributed by atoms with Crippen LogP contribution < -0.4 is 0 Å². The molecule has 0 aliphatic heterocycles. The standard InChI is InChI=1S/C20H30O2/c1-18-14-16-19(17-15-18)12-10-8-6-4-3-5-7-9-11-13-20(21)22-2/h10,12,14-17H,3-9,11,13H2,1-2H3/b12-10+. The van der Waals surface area contributed by atoms with Crippen LogP contribution in [0.1, 0.15) is 68.9 Å². The van der Waals surface area contributed by atoms with Gasteiger partial charge in [-0.3, -0.25) is 4.79 Å². The first kappa shape index (κ1) is 18.5. The lowest BCUT2D eigenvalue weighted by molar-refractivity contribution is -0.140. The molecule has 2 heteroatoms. The van der Waals surface area contributed by atoms with E-state index in [1.165, 1.54) is 50.3 Å². The number of allylic oxidation sites excluding steroid dienone is 1. The van der Waals surface area contributed by atoms with Gasteiger partial charge in [0.15, 0.2) is 0 Å². The average Bonchev–Trinajstić information content (AvgIpc) is 2.54. The number of aryl methyl sites for hydroxylation is 1. The summed E-state index contributed by atoms with van der Waals surface area (Å²) in [4.78, 5) is 10.9. The Morgan fingerprint density at radius 1 is 0.955 bits per heavy atom. The topological polar surface area (TPSA) is 26.3 Å². The molecule has 0 saturated carbocycles. The molecule has 0 bridgehead atoms. The van der Waals surface area contributed by atoms with Gasteiger partial charge in [-0.05, 0) is 31.7 Å². The Balaban J connectivity index is 1.91. The highest BCUT2D eigenvalue weighted by molar-refractivity contribution is 5.68. The number of ether oxygens (including phenoxy) is 1. The highest BCUT2D eigenvalue weighted by atomic mass is 16.5. The molecule has 0 fully saturated rings. The second-order valence-corrected chi connectivity index (χ2v) is 5.90. The lowest BCUT2D eigenvalue weighted by atomic mass is 10.1. The number of rotatable bonds is 11. The molecule has 0 unspecified atom stereocenters.